The standard InChI is InChI=1S/C3H8N2O2S/c1-2-3-4-5-8(6)7/h4H,2-3H2,1H3. The van der Waals surface area contributed by atoms with Crippen molar-refractivity contribution in [3.63, 3.8) is 0 Å². The van der Waals surface area contributed by atoms with Crippen LogP contribution in [-0.4, -0.2) is 15.0 Å². The lowest BCUT2D eigenvalue weighted by Gasteiger charge is -1.84. The molecule has 0 aliphatic heterocycles. The molecule has 0 saturated carbocycles. The van der Waals surface area contributed by atoms with E-state index in [0.29, 0.717) is 6.54 Å². The molecule has 0 fully saturated rings. The van der Waals surface area contributed by atoms with E-state index in [4.69, 9.17) is 0 Å². The van der Waals surface area contributed by atoms with Crippen LogP contribution in [0.3, 0.4) is 0 Å². The zero-order chi connectivity index (χ0) is 6.41. The Kier molecular flexibility index (Phi) is 4.48. The SMILES string of the molecule is CCCNN=S(=O)=O. The van der Waals surface area contributed by atoms with Gasteiger partial charge in [0.2, 0.25) is 0 Å². The van der Waals surface area contributed by atoms with Gasteiger partial charge in [-0.3, -0.25) is 0 Å². The number of hydrogen-bond acceptors (Lipinski definition) is 3. The number of nitrogens with zero attached hydrogens (tertiary/aromatic N) is 1. The summed E-state index contributed by atoms with van der Waals surface area (Å²) in [6.07, 6.45) is 0.876. The molecule has 0 aliphatic carbocycles. The van der Waals surface area contributed by atoms with Gasteiger partial charge in [0.1, 0.15) is 0 Å². The van der Waals surface area contributed by atoms with Crippen LogP contribution in [0.2, 0.25) is 0 Å². The molecule has 0 aromatic rings. The van der Waals surface area contributed by atoms with Gasteiger partial charge < -0.3 is 0 Å². The van der Waals surface area contributed by atoms with Crippen LogP contribution in [0.25, 0.3) is 0 Å². The van der Waals surface area contributed by atoms with Crippen LogP contribution in [-0.2, 0) is 10.5 Å². The molecule has 0 saturated heterocycles. The van der Waals surface area contributed by atoms with Crippen LogP contribution in [0, 0.1) is 0 Å². The lowest BCUT2D eigenvalue weighted by atomic mass is 10.5. The molecule has 0 heterocycles. The van der Waals surface area contributed by atoms with Crippen molar-refractivity contribution in [1.29, 1.82) is 0 Å². The molecular formula is C3H8N2O2S. The largest absolute Gasteiger partial charge is 0.327 e. The fourth-order valence-electron chi connectivity index (χ4n) is 0.210. The zero-order valence-corrected chi connectivity index (χ0v) is 5.40. The Labute approximate surface area is 49.6 Å². The minimum atomic E-state index is -2.30. The molecule has 0 unspecified atom stereocenters. The summed E-state index contributed by atoms with van der Waals surface area (Å²) in [5.41, 5.74) is 2.35. The van der Waals surface area contributed by atoms with E-state index in [1.54, 1.807) is 0 Å². The molecular weight excluding hydrogens is 128 g/mol. The minimum absolute atomic E-state index is 0.605. The summed E-state index contributed by atoms with van der Waals surface area (Å²) in [6, 6.07) is 0. The molecule has 0 spiro atoms. The number of rotatable bonds is 3. The summed E-state index contributed by atoms with van der Waals surface area (Å²) in [7, 11) is -2.30. The van der Waals surface area contributed by atoms with Gasteiger partial charge >= 0.3 is 10.5 Å². The van der Waals surface area contributed by atoms with Crippen molar-refractivity contribution < 1.29 is 8.42 Å². The second kappa shape index (κ2) is 4.73. The van der Waals surface area contributed by atoms with Gasteiger partial charge in [-0.1, -0.05) is 11.4 Å². The second-order valence-corrected chi connectivity index (χ2v) is 1.83. The molecule has 0 amide bonds. The Morgan fingerprint density at radius 2 is 2.25 bits per heavy atom. The maximum absolute atomic E-state index is 9.64. The second-order valence-electron chi connectivity index (χ2n) is 1.22. The minimum Gasteiger partial charge on any atom is -0.198 e. The highest BCUT2D eigenvalue weighted by Gasteiger charge is 1.73. The van der Waals surface area contributed by atoms with E-state index in [0.717, 1.165) is 6.42 Å². The lowest BCUT2D eigenvalue weighted by Crippen LogP contribution is -2.04. The van der Waals surface area contributed by atoms with Gasteiger partial charge in [-0.2, -0.15) is 13.8 Å². The maximum atomic E-state index is 9.64. The topological polar surface area (TPSA) is 58.5 Å². The summed E-state index contributed by atoms with van der Waals surface area (Å²) in [5.74, 6) is 0. The van der Waals surface area contributed by atoms with Crippen molar-refractivity contribution >= 4 is 10.5 Å². The highest BCUT2D eigenvalue weighted by Crippen LogP contribution is 1.67. The van der Waals surface area contributed by atoms with Crippen LogP contribution in [0.1, 0.15) is 13.3 Å². The molecule has 0 aromatic carbocycles. The van der Waals surface area contributed by atoms with Crippen molar-refractivity contribution in [2.24, 2.45) is 4.47 Å². The van der Waals surface area contributed by atoms with E-state index in [-0.39, 0.29) is 0 Å². The van der Waals surface area contributed by atoms with Gasteiger partial charge in [0.25, 0.3) is 0 Å². The molecule has 0 aliphatic rings. The first-order chi connectivity index (χ1) is 3.77. The normalized spacial score (nSPS) is 8.62. The number of nitrogens with one attached hydrogen (secondary N) is 1. The third-order valence-electron chi connectivity index (χ3n) is 0.501. The fraction of sp³-hybridized carbons (Fsp3) is 1.00. The third kappa shape index (κ3) is 5.58. The van der Waals surface area contributed by atoms with Crippen molar-refractivity contribution in [2.45, 2.75) is 13.3 Å². The Morgan fingerprint density at radius 3 is 2.62 bits per heavy atom. The smallest absolute Gasteiger partial charge is 0.198 e. The predicted octanol–water partition coefficient (Wildman–Crippen LogP) is -0.0363. The summed E-state index contributed by atoms with van der Waals surface area (Å²) < 4.78 is 22.3. The van der Waals surface area contributed by atoms with Crippen LogP contribution in [0.4, 0.5) is 0 Å². The summed E-state index contributed by atoms with van der Waals surface area (Å²) in [6.45, 7) is 2.53. The third-order valence-corrected chi connectivity index (χ3v) is 0.779. The molecule has 0 radical (unpaired) electrons. The van der Waals surface area contributed by atoms with E-state index in [1.165, 1.54) is 0 Å². The first kappa shape index (κ1) is 7.58. The predicted molar refractivity (Wildman–Crippen MR) is 29.6 cm³/mol. The van der Waals surface area contributed by atoms with Crippen molar-refractivity contribution in [2.75, 3.05) is 6.54 Å². The molecule has 8 heavy (non-hydrogen) atoms. The van der Waals surface area contributed by atoms with Gasteiger partial charge in [-0.25, -0.2) is 0 Å². The van der Waals surface area contributed by atoms with Gasteiger partial charge in [-0.05, 0) is 6.42 Å². The van der Waals surface area contributed by atoms with E-state index in [2.05, 4.69) is 9.90 Å². The van der Waals surface area contributed by atoms with Gasteiger partial charge in [0.15, 0.2) is 0 Å². The molecule has 0 rings (SSSR count). The van der Waals surface area contributed by atoms with Crippen molar-refractivity contribution in [3.05, 3.63) is 0 Å². The molecule has 0 aromatic heterocycles. The molecule has 48 valence electrons. The van der Waals surface area contributed by atoms with Crippen LogP contribution < -0.4 is 5.43 Å². The van der Waals surface area contributed by atoms with Gasteiger partial charge in [-0.15, -0.1) is 0 Å². The Hall–Kier alpha value is -0.420. The quantitative estimate of drug-likeness (QED) is 0.437. The van der Waals surface area contributed by atoms with Crippen LogP contribution >= 0.6 is 0 Å². The van der Waals surface area contributed by atoms with Crippen molar-refractivity contribution in [1.82, 2.24) is 5.43 Å². The highest BCUT2D eigenvalue weighted by molar-refractivity contribution is 7.61. The first-order valence-corrected chi connectivity index (χ1v) is 3.33. The van der Waals surface area contributed by atoms with E-state index in [1.807, 2.05) is 6.92 Å². The van der Waals surface area contributed by atoms with Crippen LogP contribution in [0.15, 0.2) is 4.47 Å². The summed E-state index contributed by atoms with van der Waals surface area (Å²) >= 11 is 0. The molecule has 5 heteroatoms. The molecule has 1 N–H and O–H groups in total. The lowest BCUT2D eigenvalue weighted by molar-refractivity contribution is 0.611. The average Bonchev–Trinajstić information content (AvgIpc) is 1.66. The molecule has 0 bridgehead atoms. The van der Waals surface area contributed by atoms with Crippen LogP contribution in [0.5, 0.6) is 0 Å². The van der Waals surface area contributed by atoms with E-state index < -0.39 is 10.5 Å². The van der Waals surface area contributed by atoms with Gasteiger partial charge in [0, 0.05) is 6.54 Å². The highest BCUT2D eigenvalue weighted by atomic mass is 32.2. The Morgan fingerprint density at radius 1 is 1.62 bits per heavy atom. The summed E-state index contributed by atoms with van der Waals surface area (Å²) in [4.78, 5) is 0. The first-order valence-electron chi connectivity index (χ1n) is 2.30. The molecule has 4 nitrogen and oxygen atoms in total. The zero-order valence-electron chi connectivity index (χ0n) is 4.59. The average molecular weight is 136 g/mol. The fourth-order valence-corrected chi connectivity index (χ4v) is 0.407. The Bertz CT molecular complexity index is 152. The molecule has 0 atom stereocenters. The van der Waals surface area contributed by atoms with E-state index >= 15 is 0 Å². The monoisotopic (exact) mass is 136 g/mol. The summed E-state index contributed by atoms with van der Waals surface area (Å²) in [5, 5.41) is 0. The van der Waals surface area contributed by atoms with Gasteiger partial charge in [0.05, 0.1) is 0 Å². The van der Waals surface area contributed by atoms with Crippen molar-refractivity contribution in [3.8, 4) is 0 Å². The number of hydrogen-bond donors (Lipinski definition) is 1. The maximum Gasteiger partial charge on any atom is 0.327 e. The van der Waals surface area contributed by atoms with E-state index in [9.17, 15) is 8.42 Å². The Balaban J connectivity index is 3.31.